The number of hydrogen-bond acceptors (Lipinski definition) is 18. The van der Waals surface area contributed by atoms with Crippen molar-refractivity contribution in [2.75, 3.05) is 89.1 Å². The predicted molar refractivity (Wildman–Crippen MR) is 434 cm³/mol. The number of aromatic amines is 1. The lowest BCUT2D eigenvalue weighted by atomic mass is 9.85. The Morgan fingerprint density at radius 1 is 0.496 bits per heavy atom. The number of rotatable bonds is 33. The highest BCUT2D eigenvalue weighted by Crippen LogP contribution is 2.46. The number of H-pyrrole nitrogens is 1. The van der Waals surface area contributed by atoms with Crippen LogP contribution in [0.25, 0.3) is 33.8 Å². The quantitative estimate of drug-likeness (QED) is 0.0223. The molecule has 7 aromatic rings. The van der Waals surface area contributed by atoms with Crippen LogP contribution in [0.15, 0.2) is 79.1 Å². The first kappa shape index (κ1) is 85.8. The van der Waals surface area contributed by atoms with Crippen molar-refractivity contribution in [3.05, 3.63) is 102 Å². The third kappa shape index (κ3) is 24.0. The number of hydrogen-bond donors (Lipinski definition) is 6. The highest BCUT2D eigenvalue weighted by Gasteiger charge is 2.33. The summed E-state index contributed by atoms with van der Waals surface area (Å²) in [5, 5.41) is 40.1. The van der Waals surface area contributed by atoms with Gasteiger partial charge in [0.25, 0.3) is 17.7 Å². The molecule has 4 aromatic heterocycles. The van der Waals surface area contributed by atoms with Gasteiger partial charge in [-0.2, -0.15) is 20.4 Å². The van der Waals surface area contributed by atoms with Gasteiger partial charge in [0.15, 0.2) is 17.1 Å². The second-order valence-corrected chi connectivity index (χ2v) is 30.4. The van der Waals surface area contributed by atoms with Crippen molar-refractivity contribution in [2.24, 2.45) is 11.7 Å². The molecule has 113 heavy (non-hydrogen) atoms. The number of alkyl halides is 1. The number of aromatic nitrogens is 9. The standard InChI is InChI=1S/C28H39N7O3.C28H39N3O5.C27H39N5O4.CH3F.CH4/c1-37-24-11-8-12-25(38-2)27(24)23-18-22(33-35(23)21-9-4-5-10-21)28(36)31-20(17-26-29-19-30-32-26)13-16-34-14-6-3-7-15-34;1-35-24-13-8-14-25(36-2)27(24)23-18-22(30-31(23)21-11-6-7-12-21)28(34)29-20(17-26(32)33)16-15-19-9-4-3-5-10-19;1-35-23-11-8-12-24(36-2)26(23)22-18-21(30-32(22)20-9-4-5-10-20)27(34)29-19(17-25(28)33)13-16-31-14-6-3-7-15-31;1-2;/h8,11-12,18-21H,3-7,9-10,13-17H2,1-2H3,(H,31,36)(H,29,30,32);8,13-14,18-21H,3-7,9-12,15-17H2,1-2H3,(H,29,34)(H,32,33);8,11-12,18-20H,3-7,9-10,13-17H2,1-2H3,(H2,28,33)(H,29,34);1H3;1H4/t2*20-;19-;;/m000../s1/i;;;;1D. The maximum atomic E-state index is 13.6. The number of piperidine rings is 2. The molecule has 0 bridgehead atoms. The lowest BCUT2D eigenvalue weighted by Gasteiger charge is -2.28. The number of carbonyl (C=O) groups is 5. The summed E-state index contributed by atoms with van der Waals surface area (Å²) in [5.74, 6) is 3.26. The van der Waals surface area contributed by atoms with Gasteiger partial charge in [0.05, 0.1) is 108 Å². The lowest BCUT2D eigenvalue weighted by molar-refractivity contribution is -0.137. The molecule has 2 aliphatic heterocycles. The molecule has 618 valence electrons. The smallest absolute Gasteiger partial charge is 0.305 e. The molecule has 4 saturated carbocycles. The molecule has 0 unspecified atom stereocenters. The fourth-order valence-electron chi connectivity index (χ4n) is 17.1. The third-order valence-corrected chi connectivity index (χ3v) is 22.9. The van der Waals surface area contributed by atoms with Crippen LogP contribution in [-0.2, 0) is 16.0 Å². The number of carboxylic acid groups (broad SMARTS) is 1. The van der Waals surface area contributed by atoms with E-state index in [1.165, 1.54) is 84.4 Å². The fraction of sp³-hybridized carbons (Fsp3) is 0.600. The van der Waals surface area contributed by atoms with Gasteiger partial charge in [-0.05, 0) is 177 Å². The second-order valence-electron chi connectivity index (χ2n) is 30.4. The summed E-state index contributed by atoms with van der Waals surface area (Å²) in [6.07, 6.45) is 31.8. The van der Waals surface area contributed by atoms with Crippen molar-refractivity contribution in [1.82, 2.24) is 70.3 Å². The third-order valence-electron chi connectivity index (χ3n) is 22.9. The zero-order valence-electron chi connectivity index (χ0n) is 68.9. The summed E-state index contributed by atoms with van der Waals surface area (Å²) in [5.41, 5.74) is 11.3. The lowest BCUT2D eigenvalue weighted by Crippen LogP contribution is -2.41. The van der Waals surface area contributed by atoms with Crippen LogP contribution in [0.3, 0.4) is 0 Å². The molecule has 6 fully saturated rings. The van der Waals surface area contributed by atoms with Crippen LogP contribution >= 0.6 is 0 Å². The SMILES string of the molecule is CF.COc1cccc(OC)c1-c1cc(C(=O)N[C@@H](CCC2CCCCC2)CC(=O)O)nn1C1CCCC1.COc1cccc(OC)c1-c1cc(C(=O)N[C@@H](CCN2CCCCC2)CC(N)=O)nn1C1CCCC1.COc1cccc(OC)c1-c1cc(C(=O)N[C@@H](CCN2CCCCC2)Cc2ncn[nH]2)nn1C1CCCC1.[2H]C. The minimum atomic E-state index is -0.903. The van der Waals surface area contributed by atoms with Crippen LogP contribution in [0, 0.1) is 5.92 Å². The zero-order valence-corrected chi connectivity index (χ0v) is 67.9. The average molecular weight is 1570 g/mol. The van der Waals surface area contributed by atoms with Gasteiger partial charge < -0.3 is 65.0 Å². The number of halogens is 1. The first-order valence-electron chi connectivity index (χ1n) is 41.7. The molecule has 0 spiro atoms. The number of carboxylic acids is 1. The Balaban J connectivity index is 0.000000192. The summed E-state index contributed by atoms with van der Waals surface area (Å²) in [4.78, 5) is 72.9. The van der Waals surface area contributed by atoms with E-state index in [4.69, 9.17) is 50.8 Å². The molecule has 6 heterocycles. The number of nitrogens with zero attached hydrogens (tertiary/aromatic N) is 10. The minimum absolute atomic E-state index is 0.0849. The van der Waals surface area contributed by atoms with Crippen molar-refractivity contribution in [3.63, 3.8) is 0 Å². The molecular weight excluding hydrogens is 1440 g/mol. The molecule has 0 radical (unpaired) electrons. The molecule has 3 atom stereocenters. The van der Waals surface area contributed by atoms with Gasteiger partial charge in [-0.15, -0.1) is 0 Å². The Morgan fingerprint density at radius 2 is 0.823 bits per heavy atom. The van der Waals surface area contributed by atoms with Gasteiger partial charge in [0.2, 0.25) is 5.91 Å². The van der Waals surface area contributed by atoms with Crippen LogP contribution in [0.4, 0.5) is 4.39 Å². The molecule has 3 aromatic carbocycles. The maximum absolute atomic E-state index is 13.6. The maximum Gasteiger partial charge on any atom is 0.305 e. The molecular formula is C85H124FN15O12. The van der Waals surface area contributed by atoms with Crippen molar-refractivity contribution >= 4 is 29.6 Å². The second kappa shape index (κ2) is 44.8. The van der Waals surface area contributed by atoms with Gasteiger partial charge in [-0.1, -0.05) is 109 Å². The molecule has 4 amide bonds. The number of primary amides is 1. The van der Waals surface area contributed by atoms with Crippen LogP contribution in [0.2, 0.25) is 0 Å². The Kier molecular flexibility index (Phi) is 34.0. The molecule has 27 nitrogen and oxygen atoms in total. The number of likely N-dealkylation sites (tertiary alicyclic amines) is 2. The summed E-state index contributed by atoms with van der Waals surface area (Å²) >= 11 is 0. The van der Waals surface area contributed by atoms with Crippen molar-refractivity contribution in [3.8, 4) is 68.3 Å². The molecule has 2 saturated heterocycles. The highest BCUT2D eigenvalue weighted by molar-refractivity contribution is 5.96. The Hall–Kier alpha value is -9.57. The van der Waals surface area contributed by atoms with Crippen molar-refractivity contribution < 1.29 is 63.3 Å². The van der Waals surface area contributed by atoms with Crippen LogP contribution in [0.5, 0.6) is 34.5 Å². The fourth-order valence-corrected chi connectivity index (χ4v) is 17.1. The van der Waals surface area contributed by atoms with Crippen molar-refractivity contribution in [2.45, 2.75) is 236 Å². The average Bonchev–Trinajstić information content (AvgIpc) is 1.67. The minimum Gasteiger partial charge on any atom is -0.496 e. The number of aliphatic carboxylic acids is 1. The van der Waals surface area contributed by atoms with Crippen LogP contribution < -0.4 is 50.1 Å². The summed E-state index contributed by atoms with van der Waals surface area (Å²) in [6, 6.07) is 22.3. The van der Waals surface area contributed by atoms with E-state index in [1.807, 2.05) is 74.7 Å². The summed E-state index contributed by atoms with van der Waals surface area (Å²) in [7, 11) is 11.5. The van der Waals surface area contributed by atoms with Gasteiger partial charge in [-0.3, -0.25) is 47.5 Å². The Labute approximate surface area is 667 Å². The van der Waals surface area contributed by atoms with E-state index in [0.29, 0.717) is 78.2 Å². The number of nitrogens with two attached hydrogens (primary N) is 1. The van der Waals surface area contributed by atoms with E-state index in [0.717, 1.165) is 169 Å². The number of amides is 4. The van der Waals surface area contributed by atoms with E-state index in [9.17, 15) is 33.5 Å². The van der Waals surface area contributed by atoms with Crippen molar-refractivity contribution in [1.29, 1.82) is 0 Å². The topological polar surface area (TPSA) is 325 Å². The predicted octanol–water partition coefficient (Wildman–Crippen LogP) is 14.4. The van der Waals surface area contributed by atoms with Gasteiger partial charge in [0, 0.05) is 45.4 Å². The van der Waals surface area contributed by atoms with Gasteiger partial charge in [0.1, 0.15) is 46.6 Å². The molecule has 4 aliphatic carbocycles. The Morgan fingerprint density at radius 3 is 1.15 bits per heavy atom. The largest absolute Gasteiger partial charge is 0.496 e. The number of benzene rings is 3. The summed E-state index contributed by atoms with van der Waals surface area (Å²) in [6.45, 7) is 6.15. The number of nitrogens with one attached hydrogen (secondary N) is 4. The first-order valence-corrected chi connectivity index (χ1v) is 40.7. The van der Waals surface area contributed by atoms with Gasteiger partial charge >= 0.3 is 5.97 Å². The first-order chi connectivity index (χ1) is 55.6. The van der Waals surface area contributed by atoms with E-state index < -0.39 is 17.9 Å². The van der Waals surface area contributed by atoms with Gasteiger partial charge in [-0.25, -0.2) is 4.98 Å². The van der Waals surface area contributed by atoms with Crippen LogP contribution in [0.1, 0.15) is 250 Å². The van der Waals surface area contributed by atoms with E-state index >= 15 is 0 Å². The zero-order chi connectivity index (χ0) is 81.3. The molecule has 28 heteroatoms. The highest BCUT2D eigenvalue weighted by atomic mass is 19.1. The monoisotopic (exact) mass is 1570 g/mol. The molecule has 13 rings (SSSR count). The summed E-state index contributed by atoms with van der Waals surface area (Å²) < 4.78 is 55.1. The van der Waals surface area contributed by atoms with E-state index in [-0.39, 0.29) is 66.5 Å². The molecule has 7 N–H and O–H groups in total. The van der Waals surface area contributed by atoms with E-state index in [2.05, 4.69) is 40.9 Å². The van der Waals surface area contributed by atoms with E-state index in [1.54, 1.807) is 54.8 Å². The number of methoxy groups -OCH3 is 6. The number of carbonyl (C=O) groups excluding carboxylic acids is 4. The van der Waals surface area contributed by atoms with Crippen LogP contribution in [-0.4, -0.2) is 196 Å². The normalized spacial score (nSPS) is 17.2. The Bertz CT molecular complexity index is 3870. The number of ether oxygens (including phenoxy) is 6. The molecule has 6 aliphatic rings.